The van der Waals surface area contributed by atoms with Gasteiger partial charge in [-0.2, -0.15) is 0 Å². The molecule has 0 spiro atoms. The summed E-state index contributed by atoms with van der Waals surface area (Å²) in [6.07, 6.45) is 5.38. The predicted octanol–water partition coefficient (Wildman–Crippen LogP) is 4.93. The smallest absolute Gasteiger partial charge is 0.244 e. The molecule has 0 saturated heterocycles. The Morgan fingerprint density at radius 1 is 1.11 bits per heavy atom. The van der Waals surface area contributed by atoms with Crippen molar-refractivity contribution in [1.29, 1.82) is 0 Å². The first-order chi connectivity index (χ1) is 17.0. The maximum Gasteiger partial charge on any atom is 0.244 e. The summed E-state index contributed by atoms with van der Waals surface area (Å²) in [6.45, 7) is 3.47. The van der Waals surface area contributed by atoms with Gasteiger partial charge in [-0.3, -0.25) is 13.9 Å². The molecule has 7 nitrogen and oxygen atoms in total. The fourth-order valence-corrected chi connectivity index (χ4v) is 5.99. The van der Waals surface area contributed by atoms with Gasteiger partial charge in [-0.15, -0.1) is 0 Å². The van der Waals surface area contributed by atoms with Crippen LogP contribution in [0.2, 0.25) is 10.0 Å². The Morgan fingerprint density at radius 3 is 2.39 bits per heavy atom. The van der Waals surface area contributed by atoms with Crippen LogP contribution in [0.1, 0.15) is 50.2 Å². The number of benzene rings is 2. The zero-order valence-corrected chi connectivity index (χ0v) is 23.2. The van der Waals surface area contributed by atoms with Gasteiger partial charge in [-0.05, 0) is 49.9 Å². The molecule has 1 saturated carbocycles. The van der Waals surface area contributed by atoms with Crippen molar-refractivity contribution in [3.05, 3.63) is 63.6 Å². The molecule has 196 valence electrons. The lowest BCUT2D eigenvalue weighted by Gasteiger charge is -2.33. The topological polar surface area (TPSA) is 86.8 Å². The quantitative estimate of drug-likeness (QED) is 0.451. The standard InChI is InChI=1S/C26H33Cl2N3O4S/c1-4-23(26(33)29-21-10-5-6-11-21)30(16-19-9-7-8-18(2)14-19)25(32)17-31(36(3,34)35)24-13-12-20(27)15-22(24)28/h7-9,12-15,21,23H,4-6,10-11,16-17H2,1-3H3,(H,29,33). The summed E-state index contributed by atoms with van der Waals surface area (Å²) < 4.78 is 26.4. The molecule has 1 unspecified atom stereocenters. The van der Waals surface area contributed by atoms with Crippen molar-refractivity contribution >= 4 is 50.7 Å². The maximum absolute atomic E-state index is 13.8. The number of hydrogen-bond donors (Lipinski definition) is 1. The van der Waals surface area contributed by atoms with E-state index < -0.39 is 28.5 Å². The van der Waals surface area contributed by atoms with E-state index in [0.717, 1.165) is 47.4 Å². The zero-order chi connectivity index (χ0) is 26.5. The molecule has 36 heavy (non-hydrogen) atoms. The molecule has 2 aromatic rings. The van der Waals surface area contributed by atoms with Crippen LogP contribution in [-0.4, -0.2) is 50.0 Å². The van der Waals surface area contributed by atoms with Crippen LogP contribution < -0.4 is 9.62 Å². The van der Waals surface area contributed by atoms with Gasteiger partial charge in [-0.25, -0.2) is 8.42 Å². The Bertz CT molecular complexity index is 1200. The molecular weight excluding hydrogens is 521 g/mol. The average Bonchev–Trinajstić information content (AvgIpc) is 3.30. The Hall–Kier alpha value is -2.29. The molecule has 2 amide bonds. The van der Waals surface area contributed by atoms with Crippen molar-refractivity contribution in [2.45, 2.75) is 64.6 Å². The lowest BCUT2D eigenvalue weighted by molar-refractivity contribution is -0.140. The third-order valence-corrected chi connectivity index (χ3v) is 8.04. The zero-order valence-electron chi connectivity index (χ0n) is 20.8. The Morgan fingerprint density at radius 2 is 1.81 bits per heavy atom. The Kier molecular flexibility index (Phi) is 9.66. The van der Waals surface area contributed by atoms with Crippen molar-refractivity contribution in [1.82, 2.24) is 10.2 Å². The van der Waals surface area contributed by atoms with Gasteiger partial charge in [0.2, 0.25) is 21.8 Å². The first-order valence-corrected chi connectivity index (χ1v) is 14.7. The van der Waals surface area contributed by atoms with Crippen molar-refractivity contribution in [3.8, 4) is 0 Å². The van der Waals surface area contributed by atoms with Crippen molar-refractivity contribution < 1.29 is 18.0 Å². The monoisotopic (exact) mass is 553 g/mol. The largest absolute Gasteiger partial charge is 0.352 e. The highest BCUT2D eigenvalue weighted by Gasteiger charge is 2.33. The molecule has 2 aromatic carbocycles. The van der Waals surface area contributed by atoms with E-state index in [1.165, 1.54) is 23.1 Å². The molecule has 0 aliphatic heterocycles. The van der Waals surface area contributed by atoms with E-state index in [1.807, 2.05) is 38.1 Å². The van der Waals surface area contributed by atoms with Gasteiger partial charge in [-0.1, -0.05) is 72.8 Å². The highest BCUT2D eigenvalue weighted by molar-refractivity contribution is 7.92. The second-order valence-electron chi connectivity index (χ2n) is 9.29. The van der Waals surface area contributed by atoms with Gasteiger partial charge < -0.3 is 10.2 Å². The number of sulfonamides is 1. The van der Waals surface area contributed by atoms with Gasteiger partial charge in [0.15, 0.2) is 0 Å². The summed E-state index contributed by atoms with van der Waals surface area (Å²) in [5.41, 5.74) is 2.02. The van der Waals surface area contributed by atoms with E-state index in [9.17, 15) is 18.0 Å². The second kappa shape index (κ2) is 12.3. The van der Waals surface area contributed by atoms with Crippen molar-refractivity contribution in [2.75, 3.05) is 17.1 Å². The molecule has 0 radical (unpaired) electrons. The van der Waals surface area contributed by atoms with Gasteiger partial charge in [0.25, 0.3) is 0 Å². The van der Waals surface area contributed by atoms with E-state index in [0.29, 0.717) is 11.4 Å². The van der Waals surface area contributed by atoms with Crippen LogP contribution in [0, 0.1) is 6.92 Å². The molecule has 1 aliphatic rings. The number of nitrogens with one attached hydrogen (secondary N) is 1. The number of amides is 2. The number of halogens is 2. The molecule has 1 aliphatic carbocycles. The van der Waals surface area contributed by atoms with Gasteiger partial charge >= 0.3 is 0 Å². The fraction of sp³-hybridized carbons (Fsp3) is 0.462. The summed E-state index contributed by atoms with van der Waals surface area (Å²) in [5.74, 6) is -0.720. The third-order valence-electron chi connectivity index (χ3n) is 6.38. The SMILES string of the molecule is CCC(C(=O)NC1CCCC1)N(Cc1cccc(C)c1)C(=O)CN(c1ccc(Cl)cc1Cl)S(C)(=O)=O. The molecular formula is C26H33Cl2N3O4S. The highest BCUT2D eigenvalue weighted by Crippen LogP contribution is 2.30. The minimum absolute atomic E-state index is 0.0999. The number of carbonyl (C=O) groups is 2. The van der Waals surface area contributed by atoms with E-state index in [1.54, 1.807) is 0 Å². The molecule has 0 aromatic heterocycles. The number of rotatable bonds is 10. The van der Waals surface area contributed by atoms with E-state index in [2.05, 4.69) is 5.32 Å². The summed E-state index contributed by atoms with van der Waals surface area (Å²) in [7, 11) is -3.88. The van der Waals surface area contributed by atoms with Crippen LogP contribution in [0.3, 0.4) is 0 Å². The summed E-state index contributed by atoms with van der Waals surface area (Å²) in [6, 6.07) is 11.4. The van der Waals surface area contributed by atoms with Crippen molar-refractivity contribution in [2.24, 2.45) is 0 Å². The average molecular weight is 555 g/mol. The van der Waals surface area contributed by atoms with Gasteiger partial charge in [0, 0.05) is 17.6 Å². The summed E-state index contributed by atoms with van der Waals surface area (Å²) in [5, 5.41) is 3.55. The summed E-state index contributed by atoms with van der Waals surface area (Å²) >= 11 is 12.3. The van der Waals surface area contributed by atoms with E-state index in [-0.39, 0.29) is 29.2 Å². The maximum atomic E-state index is 13.8. The van der Waals surface area contributed by atoms with Crippen LogP contribution in [0.25, 0.3) is 0 Å². The van der Waals surface area contributed by atoms with Crippen molar-refractivity contribution in [3.63, 3.8) is 0 Å². The normalized spacial score (nSPS) is 14.9. The Labute approximate surface area is 223 Å². The van der Waals surface area contributed by atoms with Gasteiger partial charge in [0.05, 0.1) is 17.0 Å². The predicted molar refractivity (Wildman–Crippen MR) is 145 cm³/mol. The van der Waals surface area contributed by atoms with Crippen LogP contribution in [0.4, 0.5) is 5.69 Å². The fourth-order valence-electron chi connectivity index (χ4n) is 4.57. The first-order valence-electron chi connectivity index (χ1n) is 12.1. The number of aryl methyl sites for hydroxylation is 1. The Balaban J connectivity index is 1.94. The second-order valence-corrected chi connectivity index (χ2v) is 12.0. The molecule has 1 fully saturated rings. The van der Waals surface area contributed by atoms with Gasteiger partial charge in [0.1, 0.15) is 12.6 Å². The molecule has 3 rings (SSSR count). The minimum atomic E-state index is -3.88. The lowest BCUT2D eigenvalue weighted by Crippen LogP contribution is -2.53. The number of anilines is 1. The number of nitrogens with zero attached hydrogens (tertiary/aromatic N) is 2. The lowest BCUT2D eigenvalue weighted by atomic mass is 10.1. The minimum Gasteiger partial charge on any atom is -0.352 e. The molecule has 1 N–H and O–H groups in total. The first kappa shape index (κ1) is 28.3. The van der Waals surface area contributed by atoms with E-state index >= 15 is 0 Å². The van der Waals surface area contributed by atoms with Crippen LogP contribution in [-0.2, 0) is 26.2 Å². The number of carbonyl (C=O) groups excluding carboxylic acids is 2. The molecule has 10 heteroatoms. The highest BCUT2D eigenvalue weighted by atomic mass is 35.5. The van der Waals surface area contributed by atoms with Crippen LogP contribution >= 0.6 is 23.2 Å². The van der Waals surface area contributed by atoms with Crippen LogP contribution in [0.5, 0.6) is 0 Å². The van der Waals surface area contributed by atoms with E-state index in [4.69, 9.17) is 23.2 Å². The molecule has 0 heterocycles. The van der Waals surface area contributed by atoms with Crippen LogP contribution in [0.15, 0.2) is 42.5 Å². The molecule has 1 atom stereocenters. The third kappa shape index (κ3) is 7.37. The number of hydrogen-bond acceptors (Lipinski definition) is 4. The summed E-state index contributed by atoms with van der Waals surface area (Å²) in [4.78, 5) is 28.5. The molecule has 0 bridgehead atoms.